The summed E-state index contributed by atoms with van der Waals surface area (Å²) in [7, 11) is 0. The molecular formula is C23H26N4O. The molecule has 0 fully saturated rings. The third-order valence-corrected chi connectivity index (χ3v) is 5.08. The number of para-hydroxylation sites is 1. The lowest BCUT2D eigenvalue weighted by Crippen LogP contribution is -2.29. The van der Waals surface area contributed by atoms with Gasteiger partial charge in [0.15, 0.2) is 5.69 Å². The van der Waals surface area contributed by atoms with E-state index in [4.69, 9.17) is 5.10 Å². The Balaban J connectivity index is 1.87. The molecule has 4 rings (SSSR count). The van der Waals surface area contributed by atoms with Crippen molar-refractivity contribution in [3.05, 3.63) is 77.2 Å². The first-order chi connectivity index (χ1) is 13.6. The van der Waals surface area contributed by atoms with E-state index in [1.807, 2.05) is 67.1 Å². The molecule has 5 nitrogen and oxygen atoms in total. The number of benzene rings is 1. The van der Waals surface area contributed by atoms with Crippen LogP contribution in [0.25, 0.3) is 5.69 Å². The van der Waals surface area contributed by atoms with E-state index in [1.165, 1.54) is 12.1 Å². The molecule has 2 heterocycles. The van der Waals surface area contributed by atoms with Gasteiger partial charge < -0.3 is 0 Å². The molecule has 5 heteroatoms. The first kappa shape index (κ1) is 18.4. The van der Waals surface area contributed by atoms with Crippen molar-refractivity contribution < 1.29 is 4.79 Å². The molecule has 0 N–H and O–H groups in total. The third kappa shape index (κ3) is 3.57. The van der Waals surface area contributed by atoms with Crippen molar-refractivity contribution in [3.63, 3.8) is 0 Å². The van der Waals surface area contributed by atoms with Gasteiger partial charge in [0.2, 0.25) is 0 Å². The topological polar surface area (TPSA) is 52.2 Å². The second-order valence-electron chi connectivity index (χ2n) is 7.54. The van der Waals surface area contributed by atoms with Gasteiger partial charge in [-0.05, 0) is 63.8 Å². The van der Waals surface area contributed by atoms with Crippen LogP contribution in [0.1, 0.15) is 54.9 Å². The van der Waals surface area contributed by atoms with Crippen molar-refractivity contribution in [1.29, 1.82) is 0 Å². The molecule has 3 aromatic rings. The molecule has 0 bridgehead atoms. The Labute approximate surface area is 165 Å². The number of pyridine rings is 1. The first-order valence-corrected chi connectivity index (χ1v) is 10.1. The van der Waals surface area contributed by atoms with E-state index in [1.54, 1.807) is 10.8 Å². The maximum Gasteiger partial charge on any atom is 0.284 e. The summed E-state index contributed by atoms with van der Waals surface area (Å²) in [5.41, 5.74) is 4.49. The van der Waals surface area contributed by atoms with E-state index in [0.717, 1.165) is 36.9 Å². The van der Waals surface area contributed by atoms with Crippen molar-refractivity contribution in [3.8, 4) is 5.69 Å². The predicted molar refractivity (Wildman–Crippen MR) is 110 cm³/mol. The van der Waals surface area contributed by atoms with Gasteiger partial charge in [0.25, 0.3) is 5.91 Å². The minimum atomic E-state index is -0.104. The molecule has 0 saturated carbocycles. The Bertz CT molecular complexity index is 1040. The molecule has 28 heavy (non-hydrogen) atoms. The van der Waals surface area contributed by atoms with Crippen LogP contribution in [0.4, 0.5) is 0 Å². The van der Waals surface area contributed by atoms with Crippen molar-refractivity contribution in [2.75, 3.05) is 0 Å². The fraction of sp³-hybridized carbons (Fsp3) is 0.348. The third-order valence-electron chi connectivity index (χ3n) is 5.08. The Morgan fingerprint density at radius 1 is 1.00 bits per heavy atom. The molecule has 1 aliphatic carbocycles. The molecule has 0 atom stereocenters. The Kier molecular flexibility index (Phi) is 5.24. The van der Waals surface area contributed by atoms with Crippen LogP contribution in [0.3, 0.4) is 0 Å². The van der Waals surface area contributed by atoms with Crippen LogP contribution in [0, 0.1) is 0 Å². The summed E-state index contributed by atoms with van der Waals surface area (Å²) in [5.74, 6) is -0.104. The zero-order valence-electron chi connectivity index (χ0n) is 16.5. The van der Waals surface area contributed by atoms with Crippen LogP contribution >= 0.6 is 0 Å². The standard InChI is InChI=1S/C23H26N4O/c1-17(2)24-21-15-9-10-16-26(21)23(28)22-19-13-7-4-8-14-20(19)27(25-22)18-11-5-3-6-12-18/h3,5-6,9-12,15-17H,4,7-8,13-14H2,1-2H3. The van der Waals surface area contributed by atoms with E-state index in [9.17, 15) is 4.79 Å². The molecule has 1 aliphatic rings. The average Bonchev–Trinajstić information content (AvgIpc) is 2.89. The van der Waals surface area contributed by atoms with Crippen molar-refractivity contribution in [2.45, 2.75) is 52.0 Å². The van der Waals surface area contributed by atoms with Gasteiger partial charge in [-0.2, -0.15) is 5.10 Å². The maximum absolute atomic E-state index is 13.5. The first-order valence-electron chi connectivity index (χ1n) is 10.1. The van der Waals surface area contributed by atoms with Crippen LogP contribution in [0.15, 0.2) is 59.7 Å². The Morgan fingerprint density at radius 3 is 2.54 bits per heavy atom. The normalized spacial score (nSPS) is 14.8. The maximum atomic E-state index is 13.5. The van der Waals surface area contributed by atoms with Gasteiger partial charge in [0, 0.05) is 23.5 Å². The number of carbonyl (C=O) groups is 1. The number of carbonyl (C=O) groups excluding carboxylic acids is 1. The van der Waals surface area contributed by atoms with Crippen LogP contribution < -0.4 is 5.49 Å². The summed E-state index contributed by atoms with van der Waals surface area (Å²) in [6.07, 6.45) is 7.04. The smallest absolute Gasteiger partial charge is 0.266 e. The second-order valence-corrected chi connectivity index (χ2v) is 7.54. The van der Waals surface area contributed by atoms with Crippen LogP contribution in [0.5, 0.6) is 0 Å². The highest BCUT2D eigenvalue weighted by atomic mass is 16.2. The highest BCUT2D eigenvalue weighted by molar-refractivity contribution is 5.95. The van der Waals surface area contributed by atoms with Crippen LogP contribution in [-0.2, 0) is 12.8 Å². The molecule has 2 aromatic heterocycles. The van der Waals surface area contributed by atoms with Crippen LogP contribution in [-0.4, -0.2) is 26.3 Å². The lowest BCUT2D eigenvalue weighted by Gasteiger charge is -2.07. The predicted octanol–water partition coefficient (Wildman–Crippen LogP) is 3.94. The zero-order valence-corrected chi connectivity index (χ0v) is 16.5. The van der Waals surface area contributed by atoms with E-state index in [0.29, 0.717) is 11.2 Å². The van der Waals surface area contributed by atoms with Gasteiger partial charge in [0.1, 0.15) is 5.49 Å². The van der Waals surface area contributed by atoms with E-state index in [-0.39, 0.29) is 11.9 Å². The molecule has 1 aromatic carbocycles. The Hall–Kier alpha value is -2.95. The van der Waals surface area contributed by atoms with Gasteiger partial charge in [-0.3, -0.25) is 14.4 Å². The van der Waals surface area contributed by atoms with Gasteiger partial charge in [0.05, 0.1) is 5.69 Å². The lowest BCUT2D eigenvalue weighted by atomic mass is 10.1. The SMILES string of the molecule is CC(C)N=c1ccccn1C(=O)c1nn(-c2ccccc2)c2c1CCCCC2. The highest BCUT2D eigenvalue weighted by Gasteiger charge is 2.25. The molecule has 144 valence electrons. The van der Waals surface area contributed by atoms with Crippen molar-refractivity contribution >= 4 is 5.91 Å². The highest BCUT2D eigenvalue weighted by Crippen LogP contribution is 2.26. The fourth-order valence-corrected chi connectivity index (χ4v) is 3.82. The number of hydrogen-bond acceptors (Lipinski definition) is 3. The summed E-state index contributed by atoms with van der Waals surface area (Å²) < 4.78 is 3.60. The molecule has 0 saturated heterocycles. The molecule has 0 unspecified atom stereocenters. The van der Waals surface area contributed by atoms with Gasteiger partial charge in [-0.1, -0.05) is 30.7 Å². The minimum Gasteiger partial charge on any atom is -0.266 e. The summed E-state index contributed by atoms with van der Waals surface area (Å²) in [4.78, 5) is 18.1. The van der Waals surface area contributed by atoms with Gasteiger partial charge in [-0.15, -0.1) is 0 Å². The summed E-state index contributed by atoms with van der Waals surface area (Å²) in [6, 6.07) is 15.9. The summed E-state index contributed by atoms with van der Waals surface area (Å²) in [6.45, 7) is 4.02. The van der Waals surface area contributed by atoms with Crippen LogP contribution in [0.2, 0.25) is 0 Å². The lowest BCUT2D eigenvalue weighted by molar-refractivity contribution is 0.0948. The number of fused-ring (bicyclic) bond motifs is 1. The second kappa shape index (κ2) is 7.97. The molecule has 0 aliphatic heterocycles. The number of nitrogens with zero attached hydrogens (tertiary/aromatic N) is 4. The average molecular weight is 374 g/mol. The molecular weight excluding hydrogens is 348 g/mol. The molecule has 0 amide bonds. The summed E-state index contributed by atoms with van der Waals surface area (Å²) >= 11 is 0. The van der Waals surface area contributed by atoms with Gasteiger partial charge in [-0.25, -0.2) is 4.68 Å². The zero-order chi connectivity index (χ0) is 19.5. The number of aromatic nitrogens is 3. The number of rotatable bonds is 3. The van der Waals surface area contributed by atoms with E-state index < -0.39 is 0 Å². The monoisotopic (exact) mass is 374 g/mol. The van der Waals surface area contributed by atoms with Crippen molar-refractivity contribution in [1.82, 2.24) is 14.3 Å². The van der Waals surface area contributed by atoms with Gasteiger partial charge >= 0.3 is 0 Å². The molecule has 0 spiro atoms. The quantitative estimate of drug-likeness (QED) is 0.652. The largest absolute Gasteiger partial charge is 0.284 e. The fourth-order valence-electron chi connectivity index (χ4n) is 3.82. The number of hydrogen-bond donors (Lipinski definition) is 0. The Morgan fingerprint density at radius 2 is 1.75 bits per heavy atom. The van der Waals surface area contributed by atoms with Crippen molar-refractivity contribution in [2.24, 2.45) is 4.99 Å². The molecule has 0 radical (unpaired) electrons. The summed E-state index contributed by atoms with van der Waals surface area (Å²) in [5, 5.41) is 4.80. The van der Waals surface area contributed by atoms with E-state index in [2.05, 4.69) is 4.99 Å². The minimum absolute atomic E-state index is 0.104. The van der Waals surface area contributed by atoms with E-state index >= 15 is 0 Å².